The van der Waals surface area contributed by atoms with Gasteiger partial charge in [0.2, 0.25) is 11.8 Å². The van der Waals surface area contributed by atoms with Crippen molar-refractivity contribution >= 4 is 23.2 Å². The first-order chi connectivity index (χ1) is 9.92. The van der Waals surface area contributed by atoms with Crippen LogP contribution in [0.3, 0.4) is 0 Å². The lowest BCUT2D eigenvalue weighted by Crippen LogP contribution is -2.16. The minimum Gasteiger partial charge on any atom is -0.495 e. The summed E-state index contributed by atoms with van der Waals surface area (Å²) in [6, 6.07) is 5.05. The van der Waals surface area contributed by atoms with E-state index in [-0.39, 0.29) is 24.3 Å². The molecule has 0 saturated carbocycles. The Morgan fingerprint density at radius 1 is 1.24 bits per heavy atom. The Labute approximate surface area is 124 Å². The monoisotopic (exact) mass is 294 g/mol. The molecular weight excluding hydrogens is 272 g/mol. The Kier molecular flexibility index (Phi) is 6.68. The number of benzene rings is 1. The molecule has 21 heavy (non-hydrogen) atoms. The molecule has 0 saturated heterocycles. The van der Waals surface area contributed by atoms with E-state index in [1.807, 2.05) is 13.8 Å². The molecule has 6 heteroatoms. The highest BCUT2D eigenvalue weighted by molar-refractivity contribution is 5.94. The maximum atomic E-state index is 11.9. The van der Waals surface area contributed by atoms with Crippen LogP contribution in [0.15, 0.2) is 18.2 Å². The highest BCUT2D eigenvalue weighted by atomic mass is 16.5. The van der Waals surface area contributed by atoms with Crippen LogP contribution in [0.2, 0.25) is 0 Å². The zero-order valence-corrected chi connectivity index (χ0v) is 12.9. The first-order valence-electron chi connectivity index (χ1n) is 6.79. The normalized spacial score (nSPS) is 10.3. The molecule has 0 unspecified atom stereocenters. The van der Waals surface area contributed by atoms with Gasteiger partial charge in [0, 0.05) is 12.6 Å². The maximum Gasteiger partial charge on any atom is 0.226 e. The number of amides is 2. The second kappa shape index (κ2) is 8.26. The van der Waals surface area contributed by atoms with Crippen molar-refractivity contribution in [1.82, 2.24) is 0 Å². The summed E-state index contributed by atoms with van der Waals surface area (Å²) in [6.07, 6.45) is 0.349. The zero-order valence-electron chi connectivity index (χ0n) is 12.9. The van der Waals surface area contributed by atoms with E-state index in [1.165, 1.54) is 14.0 Å². The summed E-state index contributed by atoms with van der Waals surface area (Å²) >= 11 is 0. The fourth-order valence-corrected chi connectivity index (χ4v) is 1.69. The Hall–Kier alpha value is -2.08. The zero-order chi connectivity index (χ0) is 15.8. The van der Waals surface area contributed by atoms with Crippen LogP contribution in [0, 0.1) is 0 Å². The lowest BCUT2D eigenvalue weighted by molar-refractivity contribution is -0.117. The average molecular weight is 294 g/mol. The maximum absolute atomic E-state index is 11.9. The van der Waals surface area contributed by atoms with Gasteiger partial charge in [0.05, 0.1) is 31.9 Å². The van der Waals surface area contributed by atoms with E-state index < -0.39 is 0 Å². The van der Waals surface area contributed by atoms with Crippen molar-refractivity contribution in [3.8, 4) is 5.75 Å². The van der Waals surface area contributed by atoms with Crippen molar-refractivity contribution in [1.29, 1.82) is 0 Å². The minimum absolute atomic E-state index is 0.0930. The van der Waals surface area contributed by atoms with Crippen LogP contribution in [0.1, 0.15) is 27.2 Å². The summed E-state index contributed by atoms with van der Waals surface area (Å²) in [4.78, 5) is 22.9. The number of hydrogen-bond acceptors (Lipinski definition) is 4. The van der Waals surface area contributed by atoms with Crippen LogP contribution in [-0.4, -0.2) is 31.6 Å². The molecule has 0 heterocycles. The van der Waals surface area contributed by atoms with Crippen molar-refractivity contribution in [2.75, 3.05) is 24.4 Å². The molecule has 1 rings (SSSR count). The summed E-state index contributed by atoms with van der Waals surface area (Å²) in [7, 11) is 1.52. The largest absolute Gasteiger partial charge is 0.495 e. The molecule has 0 aliphatic carbocycles. The van der Waals surface area contributed by atoms with Gasteiger partial charge in [0.15, 0.2) is 0 Å². The molecule has 0 aliphatic rings. The van der Waals surface area contributed by atoms with E-state index in [2.05, 4.69) is 10.6 Å². The van der Waals surface area contributed by atoms with Gasteiger partial charge in [0.1, 0.15) is 5.75 Å². The quantitative estimate of drug-likeness (QED) is 0.809. The van der Waals surface area contributed by atoms with E-state index in [4.69, 9.17) is 9.47 Å². The van der Waals surface area contributed by atoms with Crippen LogP contribution >= 0.6 is 0 Å². The molecule has 6 nitrogen and oxygen atoms in total. The van der Waals surface area contributed by atoms with Gasteiger partial charge in [-0.2, -0.15) is 0 Å². The molecule has 0 spiro atoms. The fourth-order valence-electron chi connectivity index (χ4n) is 1.69. The van der Waals surface area contributed by atoms with Crippen LogP contribution in [-0.2, 0) is 14.3 Å². The van der Waals surface area contributed by atoms with Crippen LogP contribution in [0.5, 0.6) is 5.75 Å². The van der Waals surface area contributed by atoms with Gasteiger partial charge < -0.3 is 20.1 Å². The predicted molar refractivity (Wildman–Crippen MR) is 81.6 cm³/mol. The number of nitrogens with one attached hydrogen (secondary N) is 2. The molecule has 0 atom stereocenters. The smallest absolute Gasteiger partial charge is 0.226 e. The van der Waals surface area contributed by atoms with Gasteiger partial charge in [-0.05, 0) is 32.0 Å². The summed E-state index contributed by atoms with van der Waals surface area (Å²) in [5.74, 6) is 0.180. The molecule has 1 aromatic carbocycles. The number of carbonyl (C=O) groups excluding carboxylic acids is 2. The highest BCUT2D eigenvalue weighted by Crippen LogP contribution is 2.27. The number of hydrogen-bond donors (Lipinski definition) is 2. The SMILES string of the molecule is COc1ccc(NC(C)=O)cc1NC(=O)CCOC(C)C. The van der Waals surface area contributed by atoms with Crippen molar-refractivity contribution in [2.24, 2.45) is 0 Å². The van der Waals surface area contributed by atoms with Gasteiger partial charge >= 0.3 is 0 Å². The van der Waals surface area contributed by atoms with Gasteiger partial charge in [-0.3, -0.25) is 9.59 Å². The molecule has 0 aromatic heterocycles. The topological polar surface area (TPSA) is 76.7 Å². The average Bonchev–Trinajstić information content (AvgIpc) is 2.37. The third kappa shape index (κ3) is 6.27. The Morgan fingerprint density at radius 2 is 1.95 bits per heavy atom. The first kappa shape index (κ1) is 17.0. The van der Waals surface area contributed by atoms with E-state index in [9.17, 15) is 9.59 Å². The van der Waals surface area contributed by atoms with Crippen LogP contribution in [0.4, 0.5) is 11.4 Å². The lowest BCUT2D eigenvalue weighted by atomic mass is 10.2. The number of methoxy groups -OCH3 is 1. The molecule has 0 radical (unpaired) electrons. The van der Waals surface area contributed by atoms with Crippen molar-refractivity contribution in [3.05, 3.63) is 18.2 Å². The molecule has 1 aromatic rings. The number of ether oxygens (including phenoxy) is 2. The van der Waals surface area contributed by atoms with E-state index in [0.29, 0.717) is 23.7 Å². The van der Waals surface area contributed by atoms with Crippen LogP contribution in [0.25, 0.3) is 0 Å². The van der Waals surface area contributed by atoms with Crippen LogP contribution < -0.4 is 15.4 Å². The van der Waals surface area contributed by atoms with Crippen molar-refractivity contribution in [2.45, 2.75) is 33.3 Å². The summed E-state index contributed by atoms with van der Waals surface area (Å²) in [5.41, 5.74) is 1.11. The molecular formula is C15H22N2O4. The van der Waals surface area contributed by atoms with E-state index >= 15 is 0 Å². The molecule has 0 bridgehead atoms. The molecule has 0 aliphatic heterocycles. The van der Waals surface area contributed by atoms with E-state index in [0.717, 1.165) is 0 Å². The Balaban J connectivity index is 2.70. The second-order valence-electron chi connectivity index (χ2n) is 4.81. The molecule has 0 fully saturated rings. The lowest BCUT2D eigenvalue weighted by Gasteiger charge is -2.13. The predicted octanol–water partition coefficient (Wildman–Crippen LogP) is 2.41. The molecule has 2 amide bonds. The summed E-state index contributed by atoms with van der Waals surface area (Å²) in [6.45, 7) is 5.61. The number of rotatable bonds is 7. The van der Waals surface area contributed by atoms with Gasteiger partial charge in [-0.25, -0.2) is 0 Å². The number of carbonyl (C=O) groups is 2. The van der Waals surface area contributed by atoms with E-state index in [1.54, 1.807) is 18.2 Å². The summed E-state index contributed by atoms with van der Waals surface area (Å²) < 4.78 is 10.5. The van der Waals surface area contributed by atoms with Gasteiger partial charge in [-0.1, -0.05) is 0 Å². The minimum atomic E-state index is -0.178. The molecule has 2 N–H and O–H groups in total. The second-order valence-corrected chi connectivity index (χ2v) is 4.81. The third-order valence-corrected chi connectivity index (χ3v) is 2.57. The third-order valence-electron chi connectivity index (χ3n) is 2.57. The standard InChI is InChI=1S/C15H22N2O4/c1-10(2)21-8-7-15(19)17-13-9-12(16-11(3)18)5-6-14(13)20-4/h5-6,9-10H,7-8H2,1-4H3,(H,16,18)(H,17,19). The summed E-state index contributed by atoms with van der Waals surface area (Å²) in [5, 5.41) is 5.41. The molecule has 116 valence electrons. The van der Waals surface area contributed by atoms with Crippen molar-refractivity contribution in [3.63, 3.8) is 0 Å². The van der Waals surface area contributed by atoms with Gasteiger partial charge in [0.25, 0.3) is 0 Å². The first-order valence-corrected chi connectivity index (χ1v) is 6.79. The Morgan fingerprint density at radius 3 is 2.52 bits per heavy atom. The Bertz CT molecular complexity index is 500. The highest BCUT2D eigenvalue weighted by Gasteiger charge is 2.09. The fraction of sp³-hybridized carbons (Fsp3) is 0.467. The number of anilines is 2. The van der Waals surface area contributed by atoms with Gasteiger partial charge in [-0.15, -0.1) is 0 Å². The van der Waals surface area contributed by atoms with Crippen molar-refractivity contribution < 1.29 is 19.1 Å².